The molecule has 0 radical (unpaired) electrons. The largest absolute Gasteiger partial charge is 0.462 e. The molecule has 9 atom stereocenters. The van der Waals surface area contributed by atoms with Crippen molar-refractivity contribution in [3.8, 4) is 0 Å². The SMILES string of the molecule is CC(=O)O[C@H]1CC[C@]2(C)[C@H]3CC[C@]4(C)[C@@H]([C@H](C)CCCC(C)C)CC[C@H]4C3=C[C@@H](NCCCCN)[C@@]2(O)C1. The van der Waals surface area contributed by atoms with Crippen LogP contribution in [0.1, 0.15) is 119 Å². The normalized spacial score (nSPS) is 41.2. The molecule has 4 aliphatic rings. The summed E-state index contributed by atoms with van der Waals surface area (Å²) in [6, 6.07) is -0.111. The lowest BCUT2D eigenvalue weighted by Crippen LogP contribution is -2.68. The van der Waals surface area contributed by atoms with E-state index in [1.807, 2.05) is 0 Å². The fourth-order valence-electron chi connectivity index (χ4n) is 9.68. The first-order chi connectivity index (χ1) is 18.0. The van der Waals surface area contributed by atoms with Crippen LogP contribution in [0.4, 0.5) is 0 Å². The lowest BCUT2D eigenvalue weighted by Gasteiger charge is -2.63. The minimum atomic E-state index is -0.919. The van der Waals surface area contributed by atoms with Crippen molar-refractivity contribution in [3.05, 3.63) is 11.6 Å². The first-order valence-electron chi connectivity index (χ1n) is 16.0. The Labute approximate surface area is 233 Å². The number of carbonyl (C=O) groups is 1. The van der Waals surface area contributed by atoms with Gasteiger partial charge in [-0.2, -0.15) is 0 Å². The number of carbonyl (C=O) groups excluding carboxylic acids is 1. The van der Waals surface area contributed by atoms with Crippen molar-refractivity contribution < 1.29 is 14.6 Å². The number of allylic oxidation sites excluding steroid dienone is 1. The van der Waals surface area contributed by atoms with Gasteiger partial charge in [0.1, 0.15) is 6.10 Å². The summed E-state index contributed by atoms with van der Waals surface area (Å²) in [5.41, 5.74) is 6.65. The van der Waals surface area contributed by atoms with Crippen LogP contribution in [-0.4, -0.2) is 41.9 Å². The van der Waals surface area contributed by atoms with Crippen LogP contribution in [0.5, 0.6) is 0 Å². The number of aliphatic hydroxyl groups is 1. The molecular weight excluding hydrogens is 472 g/mol. The first-order valence-corrected chi connectivity index (χ1v) is 16.0. The highest BCUT2D eigenvalue weighted by atomic mass is 16.5. The maximum atomic E-state index is 12.6. The maximum absolute atomic E-state index is 12.6. The van der Waals surface area contributed by atoms with Crippen LogP contribution in [0.3, 0.4) is 0 Å². The Kier molecular flexibility index (Phi) is 9.42. The topological polar surface area (TPSA) is 84.6 Å². The van der Waals surface area contributed by atoms with E-state index < -0.39 is 5.60 Å². The number of hydrogen-bond acceptors (Lipinski definition) is 5. The molecule has 3 fully saturated rings. The number of esters is 1. The lowest BCUT2D eigenvalue weighted by atomic mass is 9.45. The second-order valence-corrected chi connectivity index (χ2v) is 14.5. The fraction of sp³-hybridized carbons (Fsp3) is 0.909. The van der Waals surface area contributed by atoms with Gasteiger partial charge >= 0.3 is 5.97 Å². The van der Waals surface area contributed by atoms with E-state index in [9.17, 15) is 9.90 Å². The molecule has 4 aliphatic carbocycles. The molecule has 0 bridgehead atoms. The number of unbranched alkanes of at least 4 members (excludes halogenated alkanes) is 1. The average Bonchev–Trinajstić information content (AvgIpc) is 3.20. The van der Waals surface area contributed by atoms with Gasteiger partial charge in [0.2, 0.25) is 0 Å². The maximum Gasteiger partial charge on any atom is 0.302 e. The smallest absolute Gasteiger partial charge is 0.302 e. The van der Waals surface area contributed by atoms with E-state index in [0.29, 0.717) is 30.2 Å². The summed E-state index contributed by atoms with van der Waals surface area (Å²) >= 11 is 0. The standard InChI is InChI=1S/C33H58N2O3/c1-22(2)10-9-11-23(3)27-12-13-28-26-20-30(35-19-8-7-18-34)33(37)21-25(38-24(4)36)14-17-32(33,6)29(26)15-16-31(27,28)5/h20,22-23,25,27-30,35,37H,7-19,21,34H2,1-6H3/t23-,25+,27-,28+,29+,30-,31-,32-,33+/m1/s1. The van der Waals surface area contributed by atoms with Crippen LogP contribution in [-0.2, 0) is 9.53 Å². The van der Waals surface area contributed by atoms with Gasteiger partial charge in [-0.25, -0.2) is 0 Å². The molecule has 5 nitrogen and oxygen atoms in total. The minimum Gasteiger partial charge on any atom is -0.462 e. The van der Waals surface area contributed by atoms with E-state index in [2.05, 4.69) is 46.0 Å². The molecule has 0 saturated heterocycles. The summed E-state index contributed by atoms with van der Waals surface area (Å²) in [6.45, 7) is 15.2. The van der Waals surface area contributed by atoms with Gasteiger partial charge in [-0.3, -0.25) is 4.79 Å². The molecule has 0 aromatic heterocycles. The Bertz CT molecular complexity index is 857. The van der Waals surface area contributed by atoms with Gasteiger partial charge in [0.15, 0.2) is 0 Å². The van der Waals surface area contributed by atoms with Crippen molar-refractivity contribution in [3.63, 3.8) is 0 Å². The summed E-state index contributed by atoms with van der Waals surface area (Å²) in [7, 11) is 0. The van der Waals surface area contributed by atoms with E-state index in [1.54, 1.807) is 5.57 Å². The monoisotopic (exact) mass is 530 g/mol. The Hall–Kier alpha value is -0.910. The molecule has 3 saturated carbocycles. The predicted molar refractivity (Wildman–Crippen MR) is 156 cm³/mol. The Balaban J connectivity index is 1.61. The van der Waals surface area contributed by atoms with Crippen molar-refractivity contribution in [2.24, 2.45) is 46.2 Å². The van der Waals surface area contributed by atoms with Crippen LogP contribution in [0.2, 0.25) is 0 Å². The molecule has 0 unspecified atom stereocenters. The van der Waals surface area contributed by atoms with Crippen molar-refractivity contribution in [2.45, 2.75) is 136 Å². The third kappa shape index (κ3) is 5.50. The van der Waals surface area contributed by atoms with Crippen LogP contribution in [0, 0.1) is 40.4 Å². The zero-order valence-electron chi connectivity index (χ0n) is 25.4. The molecular formula is C33H58N2O3. The molecule has 4 N–H and O–H groups in total. The fourth-order valence-corrected chi connectivity index (χ4v) is 9.68. The summed E-state index contributed by atoms with van der Waals surface area (Å²) in [4.78, 5) is 11.8. The molecule has 218 valence electrons. The Morgan fingerprint density at radius 2 is 1.84 bits per heavy atom. The molecule has 5 heteroatoms. The summed E-state index contributed by atoms with van der Waals surface area (Å²) < 4.78 is 5.69. The van der Waals surface area contributed by atoms with Crippen LogP contribution in [0.25, 0.3) is 0 Å². The van der Waals surface area contributed by atoms with Crippen molar-refractivity contribution >= 4 is 5.97 Å². The van der Waals surface area contributed by atoms with Gasteiger partial charge in [0.05, 0.1) is 11.6 Å². The van der Waals surface area contributed by atoms with E-state index >= 15 is 0 Å². The highest BCUT2D eigenvalue weighted by molar-refractivity contribution is 5.66. The molecule has 0 amide bonds. The van der Waals surface area contributed by atoms with E-state index in [0.717, 1.165) is 50.0 Å². The second kappa shape index (κ2) is 11.9. The van der Waals surface area contributed by atoms with E-state index in [-0.39, 0.29) is 23.5 Å². The van der Waals surface area contributed by atoms with Gasteiger partial charge in [-0.05, 0) is 99.5 Å². The van der Waals surface area contributed by atoms with Gasteiger partial charge < -0.3 is 20.9 Å². The number of ether oxygens (including phenoxy) is 1. The Morgan fingerprint density at radius 3 is 2.53 bits per heavy atom. The summed E-state index contributed by atoms with van der Waals surface area (Å²) in [6.07, 6.45) is 15.7. The quantitative estimate of drug-likeness (QED) is 0.164. The highest BCUT2D eigenvalue weighted by Crippen LogP contribution is 2.67. The number of nitrogens with two attached hydrogens (primary N) is 1. The highest BCUT2D eigenvalue weighted by Gasteiger charge is 2.65. The summed E-state index contributed by atoms with van der Waals surface area (Å²) in [5.74, 6) is 3.17. The van der Waals surface area contributed by atoms with Gasteiger partial charge in [-0.15, -0.1) is 0 Å². The van der Waals surface area contributed by atoms with Crippen molar-refractivity contribution in [1.29, 1.82) is 0 Å². The minimum absolute atomic E-state index is 0.111. The third-order valence-corrected chi connectivity index (χ3v) is 11.8. The number of nitrogens with one attached hydrogen (secondary N) is 1. The van der Waals surface area contributed by atoms with Crippen LogP contribution in [0.15, 0.2) is 11.6 Å². The Morgan fingerprint density at radius 1 is 1.08 bits per heavy atom. The zero-order valence-corrected chi connectivity index (χ0v) is 25.4. The molecule has 38 heavy (non-hydrogen) atoms. The van der Waals surface area contributed by atoms with Gasteiger partial charge in [0.25, 0.3) is 0 Å². The van der Waals surface area contributed by atoms with Crippen LogP contribution >= 0.6 is 0 Å². The molecule has 0 spiro atoms. The molecule has 4 rings (SSSR count). The summed E-state index contributed by atoms with van der Waals surface area (Å²) in [5, 5.41) is 16.3. The van der Waals surface area contributed by atoms with Gasteiger partial charge in [0, 0.05) is 18.8 Å². The molecule has 0 aromatic rings. The first kappa shape index (κ1) is 30.1. The molecule has 0 aliphatic heterocycles. The zero-order chi connectivity index (χ0) is 27.7. The molecule has 0 aromatic carbocycles. The number of fused-ring (bicyclic) bond motifs is 5. The second-order valence-electron chi connectivity index (χ2n) is 14.5. The van der Waals surface area contributed by atoms with Crippen molar-refractivity contribution in [1.82, 2.24) is 5.32 Å². The van der Waals surface area contributed by atoms with Crippen molar-refractivity contribution in [2.75, 3.05) is 13.1 Å². The van der Waals surface area contributed by atoms with Crippen LogP contribution < -0.4 is 11.1 Å². The third-order valence-electron chi connectivity index (χ3n) is 11.8. The van der Waals surface area contributed by atoms with E-state index in [4.69, 9.17) is 10.5 Å². The number of rotatable bonds is 11. The van der Waals surface area contributed by atoms with E-state index in [1.165, 1.54) is 51.9 Å². The number of hydrogen-bond donors (Lipinski definition) is 3. The lowest BCUT2D eigenvalue weighted by molar-refractivity contribution is -0.192. The van der Waals surface area contributed by atoms with Gasteiger partial charge in [-0.1, -0.05) is 65.5 Å². The average molecular weight is 531 g/mol. The predicted octanol–water partition coefficient (Wildman–Crippen LogP) is 6.38. The molecule has 0 heterocycles.